The van der Waals surface area contributed by atoms with Crippen molar-refractivity contribution in [3.63, 3.8) is 0 Å². The molecule has 1 atom stereocenters. The van der Waals surface area contributed by atoms with Crippen LogP contribution in [0.5, 0.6) is 0 Å². The van der Waals surface area contributed by atoms with Crippen molar-refractivity contribution in [3.05, 3.63) is 22.8 Å². The number of rotatable bonds is 8. The second-order valence-corrected chi connectivity index (χ2v) is 4.56. The lowest BCUT2D eigenvalue weighted by molar-refractivity contribution is 0.136. The van der Waals surface area contributed by atoms with Crippen molar-refractivity contribution in [2.45, 2.75) is 32.7 Å². The third kappa shape index (κ3) is 4.80. The van der Waals surface area contributed by atoms with E-state index in [1.807, 2.05) is 13.0 Å². The SMILES string of the molecule is CCCNC(CCOCC)c1cc(Cl)cnc1N. The Bertz CT molecular complexity index is 360. The molecular formula is C13H22ClN3O. The fourth-order valence-electron chi connectivity index (χ4n) is 1.78. The quantitative estimate of drug-likeness (QED) is 0.714. The molecule has 0 aromatic carbocycles. The summed E-state index contributed by atoms with van der Waals surface area (Å²) in [6, 6.07) is 2.02. The Morgan fingerprint density at radius 3 is 2.94 bits per heavy atom. The van der Waals surface area contributed by atoms with Crippen LogP contribution in [0, 0.1) is 0 Å². The van der Waals surface area contributed by atoms with Crippen LogP contribution in [0.25, 0.3) is 0 Å². The fourth-order valence-corrected chi connectivity index (χ4v) is 1.94. The molecule has 1 heterocycles. The van der Waals surface area contributed by atoms with Crippen LogP contribution in [0.3, 0.4) is 0 Å². The predicted octanol–water partition coefficient (Wildman–Crippen LogP) is 2.78. The Labute approximate surface area is 114 Å². The molecule has 4 nitrogen and oxygen atoms in total. The van der Waals surface area contributed by atoms with Crippen LogP contribution in [0.1, 0.15) is 38.3 Å². The van der Waals surface area contributed by atoms with Gasteiger partial charge in [-0.3, -0.25) is 0 Å². The summed E-state index contributed by atoms with van der Waals surface area (Å²) in [5, 5.41) is 4.06. The zero-order valence-electron chi connectivity index (χ0n) is 11.1. The minimum atomic E-state index is 0.141. The first-order chi connectivity index (χ1) is 8.69. The van der Waals surface area contributed by atoms with Gasteiger partial charge in [0.2, 0.25) is 0 Å². The predicted molar refractivity (Wildman–Crippen MR) is 75.8 cm³/mol. The summed E-state index contributed by atoms with van der Waals surface area (Å²) in [5.74, 6) is 0.532. The molecule has 0 fully saturated rings. The van der Waals surface area contributed by atoms with E-state index in [9.17, 15) is 0 Å². The molecule has 18 heavy (non-hydrogen) atoms. The number of pyridine rings is 1. The second kappa shape index (κ2) is 8.29. The molecule has 0 amide bonds. The van der Waals surface area contributed by atoms with Gasteiger partial charge >= 0.3 is 0 Å². The monoisotopic (exact) mass is 271 g/mol. The summed E-state index contributed by atoms with van der Waals surface area (Å²) in [7, 11) is 0. The molecule has 5 heteroatoms. The van der Waals surface area contributed by atoms with Gasteiger partial charge in [-0.1, -0.05) is 18.5 Å². The van der Waals surface area contributed by atoms with Crippen molar-refractivity contribution in [1.82, 2.24) is 10.3 Å². The van der Waals surface area contributed by atoms with Crippen LogP contribution in [0.2, 0.25) is 5.02 Å². The highest BCUT2D eigenvalue weighted by Crippen LogP contribution is 2.24. The van der Waals surface area contributed by atoms with Gasteiger partial charge in [0.25, 0.3) is 0 Å². The fraction of sp³-hybridized carbons (Fsp3) is 0.615. The lowest BCUT2D eigenvalue weighted by Crippen LogP contribution is -2.24. The van der Waals surface area contributed by atoms with E-state index >= 15 is 0 Å². The van der Waals surface area contributed by atoms with Crippen LogP contribution >= 0.6 is 11.6 Å². The minimum Gasteiger partial charge on any atom is -0.383 e. The number of anilines is 1. The molecule has 0 aliphatic carbocycles. The third-order valence-electron chi connectivity index (χ3n) is 2.69. The van der Waals surface area contributed by atoms with Crippen molar-refractivity contribution in [2.24, 2.45) is 0 Å². The molecule has 0 aliphatic rings. The van der Waals surface area contributed by atoms with Crippen LogP contribution in [0.15, 0.2) is 12.3 Å². The van der Waals surface area contributed by atoms with Gasteiger partial charge in [-0.25, -0.2) is 4.98 Å². The average Bonchev–Trinajstić information content (AvgIpc) is 2.37. The van der Waals surface area contributed by atoms with E-state index in [-0.39, 0.29) is 6.04 Å². The molecule has 0 aliphatic heterocycles. The molecule has 1 aromatic rings. The second-order valence-electron chi connectivity index (χ2n) is 4.12. The summed E-state index contributed by atoms with van der Waals surface area (Å²) < 4.78 is 5.40. The molecule has 102 valence electrons. The molecule has 0 saturated carbocycles. The van der Waals surface area contributed by atoms with E-state index in [2.05, 4.69) is 17.2 Å². The normalized spacial score (nSPS) is 12.6. The van der Waals surface area contributed by atoms with Gasteiger partial charge < -0.3 is 15.8 Å². The first-order valence-electron chi connectivity index (χ1n) is 6.41. The topological polar surface area (TPSA) is 60.2 Å². The number of hydrogen-bond acceptors (Lipinski definition) is 4. The lowest BCUT2D eigenvalue weighted by atomic mass is 10.0. The van der Waals surface area contributed by atoms with Gasteiger partial charge in [-0.15, -0.1) is 0 Å². The van der Waals surface area contributed by atoms with Crippen molar-refractivity contribution < 1.29 is 4.74 Å². The average molecular weight is 272 g/mol. The van der Waals surface area contributed by atoms with E-state index in [1.165, 1.54) is 0 Å². The number of nitrogen functional groups attached to an aromatic ring is 1. The van der Waals surface area contributed by atoms with E-state index in [0.717, 1.165) is 31.6 Å². The number of ether oxygens (including phenoxy) is 1. The maximum absolute atomic E-state index is 5.98. The van der Waals surface area contributed by atoms with Crippen molar-refractivity contribution in [2.75, 3.05) is 25.5 Å². The van der Waals surface area contributed by atoms with Gasteiger partial charge in [0.15, 0.2) is 0 Å². The Kier molecular flexibility index (Phi) is 7.01. The summed E-state index contributed by atoms with van der Waals surface area (Å²) in [5.41, 5.74) is 6.87. The minimum absolute atomic E-state index is 0.141. The first-order valence-corrected chi connectivity index (χ1v) is 6.78. The largest absolute Gasteiger partial charge is 0.383 e. The number of nitrogens with one attached hydrogen (secondary N) is 1. The van der Waals surface area contributed by atoms with Crippen LogP contribution in [-0.2, 0) is 4.74 Å². The summed E-state index contributed by atoms with van der Waals surface area (Å²) in [6.45, 7) is 6.48. The van der Waals surface area contributed by atoms with E-state index in [4.69, 9.17) is 22.1 Å². The highest BCUT2D eigenvalue weighted by Gasteiger charge is 2.15. The maximum Gasteiger partial charge on any atom is 0.128 e. The van der Waals surface area contributed by atoms with Crippen LogP contribution < -0.4 is 11.1 Å². The third-order valence-corrected chi connectivity index (χ3v) is 2.89. The Balaban J connectivity index is 2.75. The molecule has 0 spiro atoms. The maximum atomic E-state index is 5.98. The molecule has 1 rings (SSSR count). The van der Waals surface area contributed by atoms with Gasteiger partial charge in [0.05, 0.1) is 5.02 Å². The van der Waals surface area contributed by atoms with Crippen molar-refractivity contribution in [3.8, 4) is 0 Å². The summed E-state index contributed by atoms with van der Waals surface area (Å²) in [6.07, 6.45) is 3.50. The molecule has 3 N–H and O–H groups in total. The Morgan fingerprint density at radius 2 is 2.28 bits per heavy atom. The summed E-state index contributed by atoms with van der Waals surface area (Å²) >= 11 is 5.98. The molecule has 1 unspecified atom stereocenters. The lowest BCUT2D eigenvalue weighted by Gasteiger charge is -2.20. The molecule has 0 radical (unpaired) electrons. The number of halogens is 1. The highest BCUT2D eigenvalue weighted by atomic mass is 35.5. The van der Waals surface area contributed by atoms with Gasteiger partial charge in [-0.05, 0) is 32.4 Å². The Hall–Kier alpha value is -0.840. The van der Waals surface area contributed by atoms with E-state index in [0.29, 0.717) is 17.4 Å². The molecule has 0 bridgehead atoms. The van der Waals surface area contributed by atoms with Crippen LogP contribution in [-0.4, -0.2) is 24.7 Å². The van der Waals surface area contributed by atoms with Gasteiger partial charge in [-0.2, -0.15) is 0 Å². The first kappa shape index (κ1) is 15.2. The smallest absolute Gasteiger partial charge is 0.128 e. The van der Waals surface area contributed by atoms with E-state index in [1.54, 1.807) is 6.20 Å². The molecule has 0 saturated heterocycles. The number of aromatic nitrogens is 1. The summed E-state index contributed by atoms with van der Waals surface area (Å²) in [4.78, 5) is 4.10. The molecule has 1 aromatic heterocycles. The Morgan fingerprint density at radius 1 is 1.50 bits per heavy atom. The van der Waals surface area contributed by atoms with Crippen molar-refractivity contribution in [1.29, 1.82) is 0 Å². The standard InChI is InChI=1S/C13H22ClN3O/c1-3-6-16-12(5-7-18-4-2)11-8-10(14)9-17-13(11)15/h8-9,12,16H,3-7H2,1-2H3,(H2,15,17). The number of hydrogen-bond donors (Lipinski definition) is 2. The number of nitrogens with zero attached hydrogens (tertiary/aromatic N) is 1. The highest BCUT2D eigenvalue weighted by molar-refractivity contribution is 6.30. The van der Waals surface area contributed by atoms with Gasteiger partial charge in [0, 0.05) is 31.0 Å². The molecular weight excluding hydrogens is 250 g/mol. The zero-order valence-corrected chi connectivity index (χ0v) is 11.8. The zero-order chi connectivity index (χ0) is 13.4. The van der Waals surface area contributed by atoms with Crippen molar-refractivity contribution >= 4 is 17.4 Å². The van der Waals surface area contributed by atoms with Gasteiger partial charge in [0.1, 0.15) is 5.82 Å². The van der Waals surface area contributed by atoms with Crippen LogP contribution in [0.4, 0.5) is 5.82 Å². The van der Waals surface area contributed by atoms with E-state index < -0.39 is 0 Å². The number of nitrogens with two attached hydrogens (primary N) is 1.